The highest BCUT2D eigenvalue weighted by Gasteiger charge is 2.04. The Labute approximate surface area is 180 Å². The van der Waals surface area contributed by atoms with Gasteiger partial charge in [-0.25, -0.2) is 0 Å². The zero-order chi connectivity index (χ0) is 19.2. The fourth-order valence-electron chi connectivity index (χ4n) is 2.51. The highest BCUT2D eigenvalue weighted by atomic mass is 127. The number of carbonyl (C=O) groups is 1. The number of likely N-dealkylation sites (N-methyl/N-ethyl adjacent to an activating group) is 1. The lowest BCUT2D eigenvalue weighted by Gasteiger charge is -2.18. The SMILES string of the molecule is CN=C(NCCc1cccc(C(=O)NC)c1)NCCN(C)CCCOC.I. The summed E-state index contributed by atoms with van der Waals surface area (Å²) in [5.41, 5.74) is 1.80. The molecular weight excluding hydrogens is 457 g/mol. The number of nitrogens with zero attached hydrogens (tertiary/aromatic N) is 2. The monoisotopic (exact) mass is 491 g/mol. The van der Waals surface area contributed by atoms with Crippen molar-refractivity contribution in [1.82, 2.24) is 20.9 Å². The number of rotatable bonds is 11. The van der Waals surface area contributed by atoms with Crippen molar-refractivity contribution in [2.45, 2.75) is 12.8 Å². The summed E-state index contributed by atoms with van der Waals surface area (Å²) in [7, 11) is 7.24. The molecule has 154 valence electrons. The van der Waals surface area contributed by atoms with Gasteiger partial charge in [-0.15, -0.1) is 24.0 Å². The normalized spacial score (nSPS) is 11.1. The fraction of sp³-hybridized carbons (Fsp3) is 0.579. The Hall–Kier alpha value is -1.39. The van der Waals surface area contributed by atoms with E-state index in [1.807, 2.05) is 24.3 Å². The Bertz CT molecular complexity index is 569. The van der Waals surface area contributed by atoms with Crippen molar-refractivity contribution < 1.29 is 9.53 Å². The minimum Gasteiger partial charge on any atom is -0.385 e. The molecule has 0 atom stereocenters. The van der Waals surface area contributed by atoms with Gasteiger partial charge in [0.1, 0.15) is 0 Å². The van der Waals surface area contributed by atoms with E-state index in [1.165, 1.54) is 0 Å². The molecular formula is C19H34IN5O2. The smallest absolute Gasteiger partial charge is 0.251 e. The van der Waals surface area contributed by atoms with Crippen molar-refractivity contribution in [1.29, 1.82) is 0 Å². The lowest BCUT2D eigenvalue weighted by Crippen LogP contribution is -2.41. The number of carbonyl (C=O) groups excluding carboxylic acids is 1. The summed E-state index contributed by atoms with van der Waals surface area (Å²) in [6.45, 7) is 4.33. The number of benzene rings is 1. The van der Waals surface area contributed by atoms with Crippen LogP contribution in [0.4, 0.5) is 0 Å². The number of ether oxygens (including phenoxy) is 1. The number of amides is 1. The standard InChI is InChI=1S/C19H33N5O2.HI/c1-20-18(25)17-8-5-7-16(15-17)9-10-22-19(21-2)23-11-13-24(3)12-6-14-26-4;/h5,7-8,15H,6,9-14H2,1-4H3,(H,20,25)(H2,21,22,23);1H. The van der Waals surface area contributed by atoms with Crippen LogP contribution in [0.2, 0.25) is 0 Å². The Morgan fingerprint density at radius 3 is 2.63 bits per heavy atom. The number of methoxy groups -OCH3 is 1. The summed E-state index contributed by atoms with van der Waals surface area (Å²) in [6, 6.07) is 7.68. The predicted molar refractivity (Wildman–Crippen MR) is 122 cm³/mol. The zero-order valence-corrected chi connectivity index (χ0v) is 19.2. The summed E-state index contributed by atoms with van der Waals surface area (Å²) < 4.78 is 5.07. The molecule has 1 amide bonds. The van der Waals surface area contributed by atoms with Gasteiger partial charge in [-0.3, -0.25) is 9.79 Å². The van der Waals surface area contributed by atoms with Crippen LogP contribution >= 0.6 is 24.0 Å². The van der Waals surface area contributed by atoms with Crippen LogP contribution < -0.4 is 16.0 Å². The van der Waals surface area contributed by atoms with E-state index >= 15 is 0 Å². The van der Waals surface area contributed by atoms with E-state index in [-0.39, 0.29) is 29.9 Å². The van der Waals surface area contributed by atoms with Crippen molar-refractivity contribution in [2.75, 3.05) is 61.0 Å². The number of aliphatic imine (C=N–C) groups is 1. The molecule has 0 spiro atoms. The van der Waals surface area contributed by atoms with Gasteiger partial charge in [0.15, 0.2) is 5.96 Å². The number of hydrogen-bond donors (Lipinski definition) is 3. The van der Waals surface area contributed by atoms with Crippen LogP contribution in [0.5, 0.6) is 0 Å². The predicted octanol–water partition coefficient (Wildman–Crippen LogP) is 1.34. The van der Waals surface area contributed by atoms with Crippen LogP contribution in [-0.2, 0) is 11.2 Å². The van der Waals surface area contributed by atoms with Gasteiger partial charge in [-0.05, 0) is 37.6 Å². The van der Waals surface area contributed by atoms with Crippen LogP contribution in [0.15, 0.2) is 29.3 Å². The van der Waals surface area contributed by atoms with Crippen LogP contribution in [0.3, 0.4) is 0 Å². The van der Waals surface area contributed by atoms with E-state index in [4.69, 9.17) is 4.74 Å². The number of halogens is 1. The molecule has 7 nitrogen and oxygen atoms in total. The molecule has 1 rings (SSSR count). The Morgan fingerprint density at radius 1 is 1.22 bits per heavy atom. The highest BCUT2D eigenvalue weighted by molar-refractivity contribution is 14.0. The second-order valence-electron chi connectivity index (χ2n) is 6.10. The molecule has 0 radical (unpaired) electrons. The van der Waals surface area contributed by atoms with E-state index < -0.39 is 0 Å². The molecule has 27 heavy (non-hydrogen) atoms. The maximum atomic E-state index is 11.7. The topological polar surface area (TPSA) is 78.0 Å². The van der Waals surface area contributed by atoms with Gasteiger partial charge in [0.25, 0.3) is 5.91 Å². The first-order chi connectivity index (χ1) is 12.6. The molecule has 0 saturated carbocycles. The molecule has 0 aliphatic carbocycles. The minimum absolute atomic E-state index is 0. The first-order valence-corrected chi connectivity index (χ1v) is 9.03. The summed E-state index contributed by atoms with van der Waals surface area (Å²) in [6.07, 6.45) is 1.86. The van der Waals surface area contributed by atoms with Gasteiger partial charge in [0, 0.05) is 59.6 Å². The van der Waals surface area contributed by atoms with E-state index in [9.17, 15) is 4.79 Å². The molecule has 0 bridgehead atoms. The Kier molecular flexibility index (Phi) is 14.8. The van der Waals surface area contributed by atoms with Gasteiger partial charge in [0.05, 0.1) is 0 Å². The maximum Gasteiger partial charge on any atom is 0.251 e. The van der Waals surface area contributed by atoms with Crippen molar-refractivity contribution >= 4 is 35.8 Å². The van der Waals surface area contributed by atoms with Gasteiger partial charge in [0.2, 0.25) is 0 Å². The van der Waals surface area contributed by atoms with E-state index in [0.717, 1.165) is 57.2 Å². The van der Waals surface area contributed by atoms with Gasteiger partial charge < -0.3 is 25.6 Å². The van der Waals surface area contributed by atoms with Crippen LogP contribution in [0, 0.1) is 0 Å². The molecule has 8 heteroatoms. The molecule has 1 aromatic rings. The van der Waals surface area contributed by atoms with Crippen molar-refractivity contribution in [3.63, 3.8) is 0 Å². The fourth-order valence-corrected chi connectivity index (χ4v) is 2.51. The molecule has 0 heterocycles. The number of nitrogens with one attached hydrogen (secondary N) is 3. The van der Waals surface area contributed by atoms with E-state index in [1.54, 1.807) is 21.2 Å². The van der Waals surface area contributed by atoms with Crippen LogP contribution in [0.1, 0.15) is 22.3 Å². The average molecular weight is 491 g/mol. The van der Waals surface area contributed by atoms with Crippen LogP contribution in [-0.4, -0.2) is 77.8 Å². The number of guanidine groups is 1. The van der Waals surface area contributed by atoms with E-state index in [0.29, 0.717) is 5.56 Å². The molecule has 0 aromatic heterocycles. The van der Waals surface area contributed by atoms with Crippen molar-refractivity contribution in [3.05, 3.63) is 35.4 Å². The lowest BCUT2D eigenvalue weighted by atomic mass is 10.1. The van der Waals surface area contributed by atoms with Crippen LogP contribution in [0.25, 0.3) is 0 Å². The molecule has 0 aliphatic heterocycles. The van der Waals surface area contributed by atoms with Gasteiger partial charge >= 0.3 is 0 Å². The molecule has 1 aromatic carbocycles. The zero-order valence-electron chi connectivity index (χ0n) is 16.9. The van der Waals surface area contributed by atoms with Gasteiger partial charge in [-0.2, -0.15) is 0 Å². The number of hydrogen-bond acceptors (Lipinski definition) is 4. The first kappa shape index (κ1) is 25.6. The second kappa shape index (κ2) is 15.6. The largest absolute Gasteiger partial charge is 0.385 e. The summed E-state index contributed by atoms with van der Waals surface area (Å²) >= 11 is 0. The summed E-state index contributed by atoms with van der Waals surface area (Å²) in [5.74, 6) is 0.727. The first-order valence-electron chi connectivity index (χ1n) is 9.03. The van der Waals surface area contributed by atoms with Crippen molar-refractivity contribution in [2.24, 2.45) is 4.99 Å². The third-order valence-electron chi connectivity index (χ3n) is 4.02. The van der Waals surface area contributed by atoms with Gasteiger partial charge in [-0.1, -0.05) is 12.1 Å². The highest BCUT2D eigenvalue weighted by Crippen LogP contribution is 2.05. The van der Waals surface area contributed by atoms with E-state index in [2.05, 4.69) is 32.9 Å². The lowest BCUT2D eigenvalue weighted by molar-refractivity contribution is 0.0963. The Balaban J connectivity index is 0.00000676. The second-order valence-corrected chi connectivity index (χ2v) is 6.10. The molecule has 3 N–H and O–H groups in total. The quantitative estimate of drug-likeness (QED) is 0.189. The minimum atomic E-state index is -0.0631. The third kappa shape index (κ3) is 11.1. The molecule has 0 unspecified atom stereocenters. The summed E-state index contributed by atoms with van der Waals surface area (Å²) in [5, 5.41) is 9.27. The average Bonchev–Trinajstić information content (AvgIpc) is 2.66. The van der Waals surface area contributed by atoms with Crippen molar-refractivity contribution in [3.8, 4) is 0 Å². The summed E-state index contributed by atoms with van der Waals surface area (Å²) in [4.78, 5) is 18.2. The molecule has 0 fully saturated rings. The maximum absolute atomic E-state index is 11.7. The third-order valence-corrected chi connectivity index (χ3v) is 4.02. The Morgan fingerprint density at radius 2 is 1.96 bits per heavy atom. The molecule has 0 aliphatic rings. The molecule has 0 saturated heterocycles.